The molecular weight excluding hydrogens is 759 g/mol. The molecule has 0 radical (unpaired) electrons. The molecule has 0 aliphatic rings. The highest BCUT2D eigenvalue weighted by molar-refractivity contribution is 7.25. The minimum Gasteiger partial charge on any atom is -0.455 e. The quantitative estimate of drug-likeness (QED) is 0.160. The topological polar surface area (TPSA) is 16.4 Å². The van der Waals surface area contributed by atoms with E-state index in [9.17, 15) is 0 Å². The highest BCUT2D eigenvalue weighted by atomic mass is 32.1. The summed E-state index contributed by atoms with van der Waals surface area (Å²) in [6.45, 7) is 0. The van der Waals surface area contributed by atoms with E-state index in [4.69, 9.17) is 4.42 Å². The summed E-state index contributed by atoms with van der Waals surface area (Å²) in [5, 5.41) is 7.03. The number of anilines is 3. The van der Waals surface area contributed by atoms with Crippen molar-refractivity contribution < 1.29 is 4.42 Å². The Hall–Kier alpha value is -7.72. The Labute approximate surface area is 357 Å². The third-order valence-electron chi connectivity index (χ3n) is 12.0. The monoisotopic (exact) mass is 795 g/mol. The molecule has 2 nitrogen and oxygen atoms in total. The second-order valence-electron chi connectivity index (χ2n) is 15.6. The fraction of sp³-hybridized carbons (Fsp3) is 0. The largest absolute Gasteiger partial charge is 0.455 e. The van der Waals surface area contributed by atoms with Crippen LogP contribution in [0.25, 0.3) is 97.4 Å². The van der Waals surface area contributed by atoms with Gasteiger partial charge in [0.1, 0.15) is 11.2 Å². The molecule has 0 spiro atoms. The van der Waals surface area contributed by atoms with E-state index in [0.29, 0.717) is 0 Å². The van der Waals surface area contributed by atoms with Gasteiger partial charge in [0.25, 0.3) is 0 Å². The fourth-order valence-corrected chi connectivity index (χ4v) is 10.3. The second kappa shape index (κ2) is 14.5. The van der Waals surface area contributed by atoms with Crippen molar-refractivity contribution in [2.24, 2.45) is 0 Å². The summed E-state index contributed by atoms with van der Waals surface area (Å²) in [6.07, 6.45) is 0. The first kappa shape index (κ1) is 35.2. The number of hydrogen-bond donors (Lipinski definition) is 0. The maximum absolute atomic E-state index is 6.79. The Morgan fingerprint density at radius 2 is 0.918 bits per heavy atom. The van der Waals surface area contributed by atoms with Crippen LogP contribution in [0, 0.1) is 0 Å². The van der Waals surface area contributed by atoms with Crippen molar-refractivity contribution in [3.8, 4) is 44.5 Å². The molecular formula is C58H37NOS. The van der Waals surface area contributed by atoms with Crippen molar-refractivity contribution in [3.05, 3.63) is 224 Å². The van der Waals surface area contributed by atoms with E-state index in [-0.39, 0.29) is 0 Å². The first-order valence-electron chi connectivity index (χ1n) is 20.7. The summed E-state index contributed by atoms with van der Waals surface area (Å²) in [4.78, 5) is 2.44. The minimum absolute atomic E-state index is 0.861. The fourth-order valence-electron chi connectivity index (χ4n) is 9.22. The molecule has 0 saturated heterocycles. The SMILES string of the molecule is c1ccc(-c2cc(-c3ccccc3)cc(-c3ccc(N(c4ccccc4-c4cccc5sc6ccccc6c45)c4cccc5oc6c7ccccc7ccc6c45)cc3)c2)cc1. The van der Waals surface area contributed by atoms with Crippen LogP contribution < -0.4 is 4.90 Å². The number of nitrogens with zero attached hydrogens (tertiary/aromatic N) is 1. The van der Waals surface area contributed by atoms with E-state index in [1.807, 2.05) is 11.3 Å². The van der Waals surface area contributed by atoms with Crippen molar-refractivity contribution in [1.82, 2.24) is 0 Å². The Kier molecular flexibility index (Phi) is 8.39. The van der Waals surface area contributed by atoms with Crippen LogP contribution in [-0.4, -0.2) is 0 Å². The molecule has 3 heteroatoms. The highest BCUT2D eigenvalue weighted by Crippen LogP contribution is 2.49. The van der Waals surface area contributed by atoms with Crippen molar-refractivity contribution in [2.45, 2.75) is 0 Å². The normalized spacial score (nSPS) is 11.6. The average molecular weight is 796 g/mol. The molecule has 61 heavy (non-hydrogen) atoms. The predicted octanol–water partition coefficient (Wildman–Crippen LogP) is 17.2. The Morgan fingerprint density at radius 1 is 0.344 bits per heavy atom. The molecule has 0 saturated carbocycles. The van der Waals surface area contributed by atoms with Gasteiger partial charge in [0.15, 0.2) is 0 Å². The first-order valence-corrected chi connectivity index (χ1v) is 21.6. The van der Waals surface area contributed by atoms with Crippen molar-refractivity contribution in [3.63, 3.8) is 0 Å². The van der Waals surface area contributed by atoms with E-state index in [0.717, 1.165) is 55.3 Å². The third-order valence-corrected chi connectivity index (χ3v) is 13.2. The van der Waals surface area contributed by atoms with Crippen molar-refractivity contribution >= 4 is 81.3 Å². The van der Waals surface area contributed by atoms with Gasteiger partial charge in [-0.1, -0.05) is 158 Å². The van der Waals surface area contributed by atoms with E-state index in [1.165, 1.54) is 59.1 Å². The predicted molar refractivity (Wildman–Crippen MR) is 261 cm³/mol. The van der Waals surface area contributed by atoms with Crippen LogP contribution in [-0.2, 0) is 0 Å². The van der Waals surface area contributed by atoms with E-state index < -0.39 is 0 Å². The van der Waals surface area contributed by atoms with Gasteiger partial charge in [-0.25, -0.2) is 0 Å². The molecule has 2 heterocycles. The number of furan rings is 1. The standard InChI is InChI=1S/C58H37NOS/c1-3-15-38(16-4-1)42-35-43(39-17-5-2-6-18-39)37-44(36-42)40-29-32-45(33-30-40)59(52-25-14-26-53-57(52)50-34-31-41-19-7-8-20-46(41)58(50)60-53)51-24-11-9-21-47(51)48-23-13-28-55-56(48)49-22-10-12-27-54(49)61-55/h1-37H. The molecule has 0 aliphatic heterocycles. The Bertz CT molecular complexity index is 3530. The van der Waals surface area contributed by atoms with Gasteiger partial charge in [-0.2, -0.15) is 0 Å². The molecule has 286 valence electrons. The zero-order valence-electron chi connectivity index (χ0n) is 33.1. The van der Waals surface area contributed by atoms with Gasteiger partial charge in [0.2, 0.25) is 0 Å². The molecule has 12 aromatic rings. The third kappa shape index (κ3) is 6.01. The first-order chi connectivity index (χ1) is 30.2. The van der Waals surface area contributed by atoms with E-state index >= 15 is 0 Å². The van der Waals surface area contributed by atoms with Gasteiger partial charge in [-0.05, 0) is 111 Å². The van der Waals surface area contributed by atoms with Gasteiger partial charge >= 0.3 is 0 Å². The second-order valence-corrected chi connectivity index (χ2v) is 16.7. The molecule has 0 atom stereocenters. The van der Waals surface area contributed by atoms with Gasteiger partial charge < -0.3 is 9.32 Å². The van der Waals surface area contributed by atoms with Crippen LogP contribution in [0.4, 0.5) is 17.1 Å². The van der Waals surface area contributed by atoms with Crippen molar-refractivity contribution in [1.29, 1.82) is 0 Å². The number of rotatable bonds is 7. The smallest absolute Gasteiger partial charge is 0.143 e. The molecule has 10 aromatic carbocycles. The van der Waals surface area contributed by atoms with Gasteiger partial charge in [-0.15, -0.1) is 11.3 Å². The summed E-state index contributed by atoms with van der Waals surface area (Å²) >= 11 is 1.86. The van der Waals surface area contributed by atoms with Crippen LogP contribution in [0.2, 0.25) is 0 Å². The lowest BCUT2D eigenvalue weighted by Gasteiger charge is -2.29. The molecule has 0 bridgehead atoms. The lowest BCUT2D eigenvalue weighted by molar-refractivity contribution is 0.672. The summed E-state index contributed by atoms with van der Waals surface area (Å²) in [5.41, 5.74) is 14.5. The number of fused-ring (bicyclic) bond motifs is 8. The van der Waals surface area contributed by atoms with Crippen LogP contribution in [0.5, 0.6) is 0 Å². The maximum atomic E-state index is 6.79. The molecule has 0 unspecified atom stereocenters. The van der Waals surface area contributed by atoms with Crippen LogP contribution in [0.1, 0.15) is 0 Å². The summed E-state index contributed by atoms with van der Waals surface area (Å²) in [7, 11) is 0. The van der Waals surface area contributed by atoms with E-state index in [1.54, 1.807) is 0 Å². The zero-order chi connectivity index (χ0) is 40.3. The lowest BCUT2D eigenvalue weighted by atomic mass is 9.93. The van der Waals surface area contributed by atoms with Crippen LogP contribution >= 0.6 is 11.3 Å². The van der Waals surface area contributed by atoms with Crippen LogP contribution in [0.15, 0.2) is 229 Å². The number of thiophene rings is 1. The number of benzene rings is 10. The van der Waals surface area contributed by atoms with E-state index in [2.05, 4.69) is 229 Å². The Balaban J connectivity index is 1.08. The summed E-state index contributed by atoms with van der Waals surface area (Å²) < 4.78 is 9.36. The number of hydrogen-bond acceptors (Lipinski definition) is 3. The van der Waals surface area contributed by atoms with Gasteiger partial charge in [0, 0.05) is 42.2 Å². The molecule has 2 aromatic heterocycles. The highest BCUT2D eigenvalue weighted by Gasteiger charge is 2.24. The molecule has 0 aliphatic carbocycles. The average Bonchev–Trinajstić information content (AvgIpc) is 3.92. The van der Waals surface area contributed by atoms with Crippen LogP contribution in [0.3, 0.4) is 0 Å². The number of para-hydroxylation sites is 1. The summed E-state index contributed by atoms with van der Waals surface area (Å²) in [5.74, 6) is 0. The minimum atomic E-state index is 0.861. The lowest BCUT2D eigenvalue weighted by Crippen LogP contribution is -2.11. The molecule has 0 amide bonds. The Morgan fingerprint density at radius 3 is 1.67 bits per heavy atom. The van der Waals surface area contributed by atoms with Gasteiger partial charge in [-0.3, -0.25) is 0 Å². The molecule has 12 rings (SSSR count). The summed E-state index contributed by atoms with van der Waals surface area (Å²) in [6, 6.07) is 81.2. The van der Waals surface area contributed by atoms with Gasteiger partial charge in [0.05, 0.1) is 16.8 Å². The molecule has 0 fully saturated rings. The maximum Gasteiger partial charge on any atom is 0.143 e. The molecule has 0 N–H and O–H groups in total. The zero-order valence-corrected chi connectivity index (χ0v) is 33.9. The van der Waals surface area contributed by atoms with Crippen molar-refractivity contribution in [2.75, 3.05) is 4.90 Å².